The zero-order valence-corrected chi connectivity index (χ0v) is 11.0. The maximum Gasteiger partial charge on any atom is 0.176 e. The summed E-state index contributed by atoms with van der Waals surface area (Å²) in [5.41, 5.74) is 0.211. The van der Waals surface area contributed by atoms with E-state index in [9.17, 15) is 5.11 Å². The molecule has 1 rings (SSSR count). The first-order chi connectivity index (χ1) is 6.23. The van der Waals surface area contributed by atoms with E-state index >= 15 is 0 Å². The number of hydrogen-bond donors (Lipinski definition) is 1. The van der Waals surface area contributed by atoms with E-state index in [4.69, 9.17) is 4.43 Å². The second-order valence-electron chi connectivity index (χ2n) is 5.55. The highest BCUT2D eigenvalue weighted by atomic mass is 28.3. The normalized spacial score (nSPS) is 32.9. The van der Waals surface area contributed by atoms with E-state index in [-0.39, 0.29) is 5.41 Å². The minimum Gasteiger partial charge on any atom is -0.391 e. The molecule has 1 aliphatic carbocycles. The van der Waals surface area contributed by atoms with Crippen molar-refractivity contribution in [3.8, 4) is 0 Å². The van der Waals surface area contributed by atoms with Gasteiger partial charge >= 0.3 is 0 Å². The molecule has 1 N–H and O–H groups in total. The molecule has 0 fully saturated rings. The van der Waals surface area contributed by atoms with Crippen LogP contribution < -0.4 is 0 Å². The van der Waals surface area contributed by atoms with Crippen LogP contribution in [0.5, 0.6) is 0 Å². The van der Waals surface area contributed by atoms with E-state index in [0.717, 1.165) is 0 Å². The molecule has 2 nitrogen and oxygen atoms in total. The standard InChI is InChI=1S/C11H22O2Si/c1-10(2,3)9-6-7-11(12,8-9)13-14(4)5/h6-7,9,12,14H,8H2,1-5H3/t9-,11+/m0/s1. The lowest BCUT2D eigenvalue weighted by molar-refractivity contribution is -0.106. The van der Waals surface area contributed by atoms with Gasteiger partial charge in [0, 0.05) is 6.42 Å². The first-order valence-corrected chi connectivity index (χ1v) is 8.10. The zero-order chi connectivity index (χ0) is 11.0. The van der Waals surface area contributed by atoms with Crippen molar-refractivity contribution < 1.29 is 9.53 Å². The molecule has 14 heavy (non-hydrogen) atoms. The molecule has 0 saturated carbocycles. The number of aliphatic hydroxyl groups is 1. The van der Waals surface area contributed by atoms with Gasteiger partial charge in [0.1, 0.15) is 0 Å². The van der Waals surface area contributed by atoms with Gasteiger partial charge in [-0.3, -0.25) is 0 Å². The first-order valence-electron chi connectivity index (χ1n) is 5.32. The molecule has 0 saturated heterocycles. The summed E-state index contributed by atoms with van der Waals surface area (Å²) in [5, 5.41) is 10.1. The molecule has 0 aromatic heterocycles. The number of allylic oxidation sites excluding steroid dienone is 1. The molecule has 0 unspecified atom stereocenters. The molecule has 0 amide bonds. The lowest BCUT2D eigenvalue weighted by Gasteiger charge is -2.30. The van der Waals surface area contributed by atoms with E-state index in [1.807, 2.05) is 6.08 Å². The highest BCUT2D eigenvalue weighted by molar-refractivity contribution is 6.48. The molecular weight excluding hydrogens is 192 g/mol. The molecule has 0 spiro atoms. The molecule has 3 heteroatoms. The van der Waals surface area contributed by atoms with Gasteiger partial charge < -0.3 is 9.53 Å². The molecule has 2 atom stereocenters. The average Bonchev–Trinajstić information content (AvgIpc) is 2.28. The third-order valence-electron chi connectivity index (χ3n) is 2.65. The van der Waals surface area contributed by atoms with Gasteiger partial charge in [0.25, 0.3) is 0 Å². The van der Waals surface area contributed by atoms with Crippen LogP contribution >= 0.6 is 0 Å². The number of hydrogen-bond acceptors (Lipinski definition) is 2. The number of rotatable bonds is 2. The minimum absolute atomic E-state index is 0.211. The molecule has 0 heterocycles. The Morgan fingerprint density at radius 3 is 2.36 bits per heavy atom. The summed E-state index contributed by atoms with van der Waals surface area (Å²) in [4.78, 5) is 0. The Balaban J connectivity index is 2.62. The summed E-state index contributed by atoms with van der Waals surface area (Å²) in [6.07, 6.45) is 4.63. The Bertz CT molecular complexity index is 230. The van der Waals surface area contributed by atoms with Crippen LogP contribution in [0.25, 0.3) is 0 Å². The largest absolute Gasteiger partial charge is 0.391 e. The fraction of sp³-hybridized carbons (Fsp3) is 0.818. The Morgan fingerprint density at radius 2 is 2.00 bits per heavy atom. The van der Waals surface area contributed by atoms with Gasteiger partial charge in [-0.25, -0.2) is 0 Å². The highest BCUT2D eigenvalue weighted by Gasteiger charge is 2.38. The van der Waals surface area contributed by atoms with Crippen molar-refractivity contribution in [2.45, 2.75) is 46.1 Å². The zero-order valence-electron chi connectivity index (χ0n) is 9.87. The Kier molecular flexibility index (Phi) is 3.24. The van der Waals surface area contributed by atoms with Crippen LogP contribution in [0.3, 0.4) is 0 Å². The van der Waals surface area contributed by atoms with Crippen LogP contribution in [0.1, 0.15) is 27.2 Å². The Morgan fingerprint density at radius 1 is 1.43 bits per heavy atom. The van der Waals surface area contributed by atoms with Crippen molar-refractivity contribution in [2.75, 3.05) is 0 Å². The summed E-state index contributed by atoms with van der Waals surface area (Å²) in [5.74, 6) is -0.557. The summed E-state index contributed by atoms with van der Waals surface area (Å²) in [7, 11) is -1.17. The van der Waals surface area contributed by atoms with Crippen molar-refractivity contribution in [3.63, 3.8) is 0 Å². The highest BCUT2D eigenvalue weighted by Crippen LogP contribution is 2.39. The van der Waals surface area contributed by atoms with Crippen LogP contribution in [-0.2, 0) is 4.43 Å². The molecular formula is C11H22O2Si. The molecule has 1 aliphatic rings. The van der Waals surface area contributed by atoms with E-state index in [2.05, 4.69) is 39.9 Å². The SMILES string of the molecule is C[SiH](C)O[C@]1(O)C=C[C@H](C(C)(C)C)C1. The third-order valence-corrected chi connectivity index (χ3v) is 3.53. The van der Waals surface area contributed by atoms with E-state index in [1.165, 1.54) is 0 Å². The quantitative estimate of drug-likeness (QED) is 0.434. The second-order valence-corrected chi connectivity index (χ2v) is 7.88. The summed E-state index contributed by atoms with van der Waals surface area (Å²) in [6.45, 7) is 10.7. The van der Waals surface area contributed by atoms with E-state index < -0.39 is 14.8 Å². The van der Waals surface area contributed by atoms with Gasteiger partial charge in [0.15, 0.2) is 14.8 Å². The molecule has 0 bridgehead atoms. The van der Waals surface area contributed by atoms with E-state index in [1.54, 1.807) is 0 Å². The predicted molar refractivity (Wildman–Crippen MR) is 61.6 cm³/mol. The van der Waals surface area contributed by atoms with Gasteiger partial charge in [-0.2, -0.15) is 0 Å². The maximum absolute atomic E-state index is 10.1. The Hall–Kier alpha value is -0.123. The molecule has 0 aliphatic heterocycles. The van der Waals surface area contributed by atoms with Gasteiger partial charge in [0.2, 0.25) is 0 Å². The smallest absolute Gasteiger partial charge is 0.176 e. The monoisotopic (exact) mass is 214 g/mol. The van der Waals surface area contributed by atoms with Crippen molar-refractivity contribution in [1.82, 2.24) is 0 Å². The van der Waals surface area contributed by atoms with Crippen LogP contribution in [0, 0.1) is 11.3 Å². The lowest BCUT2D eigenvalue weighted by atomic mass is 9.80. The fourth-order valence-electron chi connectivity index (χ4n) is 1.81. The van der Waals surface area contributed by atoms with Crippen molar-refractivity contribution >= 4 is 9.04 Å². The first kappa shape index (κ1) is 11.9. The minimum atomic E-state index is -1.17. The van der Waals surface area contributed by atoms with Crippen LogP contribution in [-0.4, -0.2) is 19.9 Å². The summed E-state index contributed by atoms with van der Waals surface area (Å²) in [6, 6.07) is 0. The van der Waals surface area contributed by atoms with Crippen molar-refractivity contribution in [1.29, 1.82) is 0 Å². The van der Waals surface area contributed by atoms with Crippen molar-refractivity contribution in [3.05, 3.63) is 12.2 Å². The van der Waals surface area contributed by atoms with E-state index in [0.29, 0.717) is 12.3 Å². The van der Waals surface area contributed by atoms with Crippen molar-refractivity contribution in [2.24, 2.45) is 11.3 Å². The van der Waals surface area contributed by atoms with Crippen LogP contribution in [0.4, 0.5) is 0 Å². The van der Waals surface area contributed by atoms with Crippen LogP contribution in [0.2, 0.25) is 13.1 Å². The summed E-state index contributed by atoms with van der Waals surface area (Å²) < 4.78 is 5.63. The van der Waals surface area contributed by atoms with Gasteiger partial charge in [0.05, 0.1) is 0 Å². The lowest BCUT2D eigenvalue weighted by Crippen LogP contribution is -2.35. The summed E-state index contributed by atoms with van der Waals surface area (Å²) >= 11 is 0. The topological polar surface area (TPSA) is 29.5 Å². The Labute approximate surface area is 88.7 Å². The average molecular weight is 214 g/mol. The van der Waals surface area contributed by atoms with Gasteiger partial charge in [-0.05, 0) is 30.5 Å². The third kappa shape index (κ3) is 2.94. The molecule has 0 aromatic rings. The molecule has 82 valence electrons. The maximum atomic E-state index is 10.1. The molecule has 0 radical (unpaired) electrons. The second kappa shape index (κ2) is 3.80. The van der Waals surface area contributed by atoms with Gasteiger partial charge in [-0.15, -0.1) is 0 Å². The van der Waals surface area contributed by atoms with Crippen LogP contribution in [0.15, 0.2) is 12.2 Å². The fourth-order valence-corrected chi connectivity index (χ4v) is 2.80. The molecule has 0 aromatic carbocycles. The van der Waals surface area contributed by atoms with Gasteiger partial charge in [-0.1, -0.05) is 26.8 Å². The predicted octanol–water partition coefficient (Wildman–Crippen LogP) is 2.30.